The van der Waals surface area contributed by atoms with Crippen LogP contribution in [0.4, 0.5) is 11.5 Å². The zero-order valence-electron chi connectivity index (χ0n) is 10.8. The number of aromatic nitrogens is 4. The van der Waals surface area contributed by atoms with Crippen molar-refractivity contribution in [3.05, 3.63) is 35.9 Å². The molecular weight excluding hydrogens is 440 g/mol. The number of rotatable bonds is 4. The van der Waals surface area contributed by atoms with Gasteiger partial charge in [0.05, 0.1) is 30.0 Å². The maximum absolute atomic E-state index is 6.01. The van der Waals surface area contributed by atoms with Crippen molar-refractivity contribution in [2.75, 3.05) is 11.6 Å². The molecule has 1 N–H and O–H groups in total. The highest BCUT2D eigenvalue weighted by atomic mass is 127. The molecule has 1 aromatic carbocycles. The smallest absolute Gasteiger partial charge is 0.224 e. The van der Waals surface area contributed by atoms with Gasteiger partial charge >= 0.3 is 0 Å². The van der Waals surface area contributed by atoms with E-state index in [0.717, 1.165) is 21.5 Å². The second-order valence-electron chi connectivity index (χ2n) is 4.11. The lowest BCUT2D eigenvalue weighted by Gasteiger charge is -2.08. The van der Waals surface area contributed by atoms with E-state index >= 15 is 0 Å². The minimum atomic E-state index is 0.227. The predicted octanol–water partition coefficient (Wildman–Crippen LogP) is 4.74. The van der Waals surface area contributed by atoms with E-state index in [9.17, 15) is 0 Å². The van der Waals surface area contributed by atoms with E-state index in [0.29, 0.717) is 12.2 Å². The molecule has 0 radical (unpaired) electrons. The van der Waals surface area contributed by atoms with Crippen LogP contribution in [0.15, 0.2) is 35.5 Å². The molecule has 0 amide bonds. The number of nitrogens with zero attached hydrogens (tertiary/aromatic N) is 4. The summed E-state index contributed by atoms with van der Waals surface area (Å²) in [4.78, 5) is 9.72. The monoisotopic (exact) mass is 449 g/mol. The van der Waals surface area contributed by atoms with E-state index in [2.05, 4.69) is 48.5 Å². The van der Waals surface area contributed by atoms with Gasteiger partial charge in [-0.2, -0.15) is 10.1 Å². The van der Waals surface area contributed by atoms with E-state index in [-0.39, 0.29) is 5.28 Å². The van der Waals surface area contributed by atoms with Crippen molar-refractivity contribution in [3.63, 3.8) is 0 Å². The molecule has 0 bridgehead atoms. The highest BCUT2D eigenvalue weighted by Gasteiger charge is 2.09. The number of hydrogen-bond acceptors (Lipinski definition) is 5. The molecule has 0 aliphatic rings. The summed E-state index contributed by atoms with van der Waals surface area (Å²) in [6.45, 7) is 0. The first-order valence-corrected chi connectivity index (χ1v) is 11.6. The SMILES string of the molecule is CSc1ccc2nc(Cl)nc(Nc3cnn(PI)c3)c2c1. The molecule has 108 valence electrons. The van der Waals surface area contributed by atoms with Gasteiger partial charge in [0.2, 0.25) is 5.28 Å². The van der Waals surface area contributed by atoms with E-state index in [1.165, 1.54) is 0 Å². The van der Waals surface area contributed by atoms with Gasteiger partial charge in [0.1, 0.15) is 5.82 Å². The molecule has 2 heterocycles. The summed E-state index contributed by atoms with van der Waals surface area (Å²) in [5.74, 6) is 0.692. The molecule has 9 heteroatoms. The van der Waals surface area contributed by atoms with Crippen LogP contribution in [-0.4, -0.2) is 25.8 Å². The molecule has 0 spiro atoms. The largest absolute Gasteiger partial charge is 0.337 e. The van der Waals surface area contributed by atoms with E-state index in [1.807, 2.05) is 29.0 Å². The van der Waals surface area contributed by atoms with Crippen LogP contribution >= 0.6 is 51.8 Å². The topological polar surface area (TPSA) is 55.6 Å². The van der Waals surface area contributed by atoms with Crippen LogP contribution in [0, 0.1) is 0 Å². The van der Waals surface area contributed by atoms with Crippen molar-refractivity contribution in [1.82, 2.24) is 19.5 Å². The van der Waals surface area contributed by atoms with Crippen molar-refractivity contribution in [2.45, 2.75) is 4.90 Å². The van der Waals surface area contributed by atoms with E-state index < -0.39 is 0 Å². The molecule has 1 unspecified atom stereocenters. The predicted molar refractivity (Wildman–Crippen MR) is 99.6 cm³/mol. The third-order valence-electron chi connectivity index (χ3n) is 2.81. The second kappa shape index (κ2) is 6.64. The van der Waals surface area contributed by atoms with Crippen molar-refractivity contribution < 1.29 is 0 Å². The molecule has 3 rings (SSSR count). The van der Waals surface area contributed by atoms with Gasteiger partial charge < -0.3 is 5.32 Å². The number of hydrogen-bond donors (Lipinski definition) is 1. The van der Waals surface area contributed by atoms with Crippen LogP contribution in [0.1, 0.15) is 0 Å². The molecule has 0 fully saturated rings. The Balaban J connectivity index is 2.06. The summed E-state index contributed by atoms with van der Waals surface area (Å²) >= 11 is 9.96. The Morgan fingerprint density at radius 2 is 2.24 bits per heavy atom. The Kier molecular flexibility index (Phi) is 4.83. The molecule has 3 aromatic rings. The van der Waals surface area contributed by atoms with Crippen LogP contribution < -0.4 is 5.32 Å². The van der Waals surface area contributed by atoms with Gasteiger partial charge in [-0.3, -0.25) is 0 Å². The van der Waals surface area contributed by atoms with Gasteiger partial charge in [-0.05, 0) is 58.1 Å². The average molecular weight is 450 g/mol. The van der Waals surface area contributed by atoms with Crippen molar-refractivity contribution >= 4 is 74.2 Å². The molecule has 1 atom stereocenters. The van der Waals surface area contributed by atoms with Crippen LogP contribution in [0.2, 0.25) is 5.28 Å². The molecular formula is C12H10ClIN5PS. The van der Waals surface area contributed by atoms with Crippen LogP contribution in [0.3, 0.4) is 0 Å². The Morgan fingerprint density at radius 3 is 2.95 bits per heavy atom. The first kappa shape index (κ1) is 15.3. The molecule has 2 aromatic heterocycles. The van der Waals surface area contributed by atoms with Crippen LogP contribution in [-0.2, 0) is 0 Å². The Labute approximate surface area is 145 Å². The quantitative estimate of drug-likeness (QED) is 0.270. The van der Waals surface area contributed by atoms with Crippen LogP contribution in [0.25, 0.3) is 10.9 Å². The Bertz CT molecular complexity index is 796. The summed E-state index contributed by atoms with van der Waals surface area (Å²) in [6.07, 6.45) is 6.31. The fourth-order valence-corrected chi connectivity index (χ4v) is 3.57. The molecule has 0 saturated heterocycles. The molecule has 5 nitrogen and oxygen atoms in total. The number of thioether (sulfide) groups is 1. The maximum atomic E-state index is 6.01. The third kappa shape index (κ3) is 3.41. The van der Waals surface area contributed by atoms with Crippen molar-refractivity contribution in [3.8, 4) is 0 Å². The normalized spacial score (nSPS) is 11.6. The maximum Gasteiger partial charge on any atom is 0.224 e. The number of anilines is 2. The van der Waals surface area contributed by atoms with Crippen LogP contribution in [0.5, 0.6) is 0 Å². The number of nitrogens with one attached hydrogen (secondary N) is 1. The lowest BCUT2D eigenvalue weighted by atomic mass is 10.2. The molecule has 0 aliphatic carbocycles. The third-order valence-corrected chi connectivity index (χ3v) is 5.60. The zero-order valence-corrected chi connectivity index (χ0v) is 15.6. The van der Waals surface area contributed by atoms with Crippen molar-refractivity contribution in [1.29, 1.82) is 0 Å². The number of benzene rings is 1. The van der Waals surface area contributed by atoms with Crippen molar-refractivity contribution in [2.24, 2.45) is 0 Å². The summed E-state index contributed by atoms with van der Waals surface area (Å²) in [7, 11) is 0. The van der Waals surface area contributed by atoms with Gasteiger partial charge in [-0.15, -0.1) is 11.8 Å². The average Bonchev–Trinajstić information content (AvgIpc) is 2.94. The summed E-state index contributed by atoms with van der Waals surface area (Å²) < 4.78 is 1.86. The Morgan fingerprint density at radius 1 is 1.38 bits per heavy atom. The fourth-order valence-electron chi connectivity index (χ4n) is 1.87. The second-order valence-corrected chi connectivity index (χ2v) is 7.40. The van der Waals surface area contributed by atoms with Gasteiger partial charge in [0.25, 0.3) is 0 Å². The standard InChI is InChI=1S/C12H10ClIN5PS/c1-21-8-2-3-10-9(4-8)11(18-12(13)17-10)16-7-5-15-19(6-7)20-14/h2-6,20H,1H3,(H,16,17,18). The van der Waals surface area contributed by atoms with E-state index in [4.69, 9.17) is 11.6 Å². The minimum absolute atomic E-state index is 0.227. The lowest BCUT2D eigenvalue weighted by molar-refractivity contribution is 1.01. The molecule has 0 aliphatic heterocycles. The molecule has 0 saturated carbocycles. The highest BCUT2D eigenvalue weighted by Crippen LogP contribution is 2.30. The number of fused-ring (bicyclic) bond motifs is 1. The van der Waals surface area contributed by atoms with Gasteiger partial charge in [0, 0.05) is 10.3 Å². The summed E-state index contributed by atoms with van der Waals surface area (Å²) in [5.41, 5.74) is 1.70. The first-order valence-electron chi connectivity index (χ1n) is 5.89. The number of halogens is 2. The summed E-state index contributed by atoms with van der Waals surface area (Å²) in [5, 5.41) is 8.68. The lowest BCUT2D eigenvalue weighted by Crippen LogP contribution is -1.96. The van der Waals surface area contributed by atoms with Gasteiger partial charge in [-0.1, -0.05) is 0 Å². The zero-order chi connectivity index (χ0) is 14.8. The van der Waals surface area contributed by atoms with E-state index in [1.54, 1.807) is 18.0 Å². The Hall–Kier alpha value is -0.630. The first-order chi connectivity index (χ1) is 10.2. The summed E-state index contributed by atoms with van der Waals surface area (Å²) in [6, 6.07) is 6.04. The van der Waals surface area contributed by atoms with Gasteiger partial charge in [-0.25, -0.2) is 9.44 Å². The minimum Gasteiger partial charge on any atom is -0.337 e. The molecule has 21 heavy (non-hydrogen) atoms. The highest BCUT2D eigenvalue weighted by molar-refractivity contribution is 14.2. The fraction of sp³-hybridized carbons (Fsp3) is 0.0833. The van der Waals surface area contributed by atoms with Gasteiger partial charge in [0.15, 0.2) is 0 Å².